The van der Waals surface area contributed by atoms with Gasteiger partial charge in [0, 0.05) is 6.54 Å². The maximum Gasteiger partial charge on any atom is 0.127 e. The Balaban J connectivity index is 2.14. The first-order valence-corrected chi connectivity index (χ1v) is 7.98. The molecule has 20 heavy (non-hydrogen) atoms. The zero-order valence-corrected chi connectivity index (χ0v) is 13.5. The molecule has 3 heteroatoms. The first-order valence-electron chi connectivity index (χ1n) is 7.54. The molecule has 0 aliphatic heterocycles. The molecule has 2 nitrogen and oxygen atoms in total. The van der Waals surface area contributed by atoms with Crippen LogP contribution in [0.1, 0.15) is 50.4 Å². The van der Waals surface area contributed by atoms with Crippen molar-refractivity contribution in [3.63, 3.8) is 0 Å². The number of alkyl halides is 1. The maximum absolute atomic E-state index is 6.38. The Morgan fingerprint density at radius 3 is 2.55 bits per heavy atom. The molecule has 1 unspecified atom stereocenters. The number of rotatable bonds is 4. The van der Waals surface area contributed by atoms with Gasteiger partial charge in [0.15, 0.2) is 0 Å². The van der Waals surface area contributed by atoms with E-state index in [1.165, 1.54) is 23.9 Å². The summed E-state index contributed by atoms with van der Waals surface area (Å²) in [6, 6.07) is 6.34. The average molecular weight is 291 g/mol. The van der Waals surface area contributed by atoms with Crippen molar-refractivity contribution in [3.05, 3.63) is 29.6 Å². The molecule has 0 bridgehead atoms. The number of benzene rings is 1. The van der Waals surface area contributed by atoms with Gasteiger partial charge < -0.3 is 4.57 Å². The molecule has 0 radical (unpaired) electrons. The van der Waals surface area contributed by atoms with E-state index < -0.39 is 0 Å². The fourth-order valence-electron chi connectivity index (χ4n) is 3.24. The Morgan fingerprint density at radius 2 is 2.00 bits per heavy atom. The summed E-state index contributed by atoms with van der Waals surface area (Å²) in [5.74, 6) is 1.73. The number of hydrogen-bond donors (Lipinski definition) is 0. The van der Waals surface area contributed by atoms with E-state index in [-0.39, 0.29) is 5.38 Å². The van der Waals surface area contributed by atoms with Gasteiger partial charge in [-0.15, -0.1) is 11.6 Å². The molecule has 1 atom stereocenters. The quantitative estimate of drug-likeness (QED) is 0.718. The summed E-state index contributed by atoms with van der Waals surface area (Å²) < 4.78 is 2.38. The monoisotopic (exact) mass is 290 g/mol. The van der Waals surface area contributed by atoms with Gasteiger partial charge in [0.1, 0.15) is 5.82 Å². The number of aryl methyl sites for hydroxylation is 1. The summed E-state index contributed by atoms with van der Waals surface area (Å²) >= 11 is 6.38. The highest BCUT2D eigenvalue weighted by Crippen LogP contribution is 2.53. The summed E-state index contributed by atoms with van der Waals surface area (Å²) in [5, 5.41) is -0.0511. The van der Waals surface area contributed by atoms with Crippen LogP contribution in [-0.2, 0) is 6.54 Å². The number of halogens is 1. The van der Waals surface area contributed by atoms with Crippen molar-refractivity contribution in [2.24, 2.45) is 11.3 Å². The smallest absolute Gasteiger partial charge is 0.127 e. The van der Waals surface area contributed by atoms with Crippen LogP contribution in [0.25, 0.3) is 11.0 Å². The molecule has 0 spiro atoms. The van der Waals surface area contributed by atoms with Crippen LogP contribution in [-0.4, -0.2) is 9.55 Å². The molecule has 1 heterocycles. The third-order valence-electron chi connectivity index (χ3n) is 4.94. The minimum Gasteiger partial charge on any atom is -0.326 e. The number of hydrogen-bond acceptors (Lipinski definition) is 1. The Kier molecular flexibility index (Phi) is 3.32. The molecule has 1 aliphatic rings. The summed E-state index contributed by atoms with van der Waals surface area (Å²) in [4.78, 5) is 4.78. The lowest BCUT2D eigenvalue weighted by Gasteiger charge is -2.23. The fraction of sp³-hybridized carbons (Fsp3) is 0.588. The zero-order valence-electron chi connectivity index (χ0n) is 12.8. The van der Waals surface area contributed by atoms with Crippen molar-refractivity contribution in [2.45, 2.75) is 52.5 Å². The number of fused-ring (bicyclic) bond motifs is 1. The van der Waals surface area contributed by atoms with E-state index in [9.17, 15) is 0 Å². The third-order valence-corrected chi connectivity index (χ3v) is 5.14. The molecule has 1 aromatic carbocycles. The lowest BCUT2D eigenvalue weighted by molar-refractivity contribution is 0.308. The van der Waals surface area contributed by atoms with Crippen LogP contribution in [0, 0.1) is 18.3 Å². The number of para-hydroxylation sites is 1. The number of nitrogens with zero attached hydrogens (tertiary/aromatic N) is 2. The van der Waals surface area contributed by atoms with Crippen molar-refractivity contribution >= 4 is 22.6 Å². The summed E-state index contributed by atoms with van der Waals surface area (Å²) in [5.41, 5.74) is 4.09. The largest absolute Gasteiger partial charge is 0.326 e. The van der Waals surface area contributed by atoms with Gasteiger partial charge in [-0.25, -0.2) is 4.98 Å². The highest BCUT2D eigenvalue weighted by molar-refractivity contribution is 6.20. The highest BCUT2D eigenvalue weighted by atomic mass is 35.5. The molecule has 2 aromatic rings. The van der Waals surface area contributed by atoms with Gasteiger partial charge in [-0.1, -0.05) is 26.0 Å². The SMILES string of the molecule is Cc1cccc2nc(C(C)Cl)n(CC3(C(C)C)CC3)c12. The van der Waals surface area contributed by atoms with Crippen LogP contribution in [0.4, 0.5) is 0 Å². The summed E-state index contributed by atoms with van der Waals surface area (Å²) in [6.45, 7) is 9.91. The molecule has 1 fully saturated rings. The Hall–Kier alpha value is -1.02. The zero-order chi connectivity index (χ0) is 14.5. The molecule has 0 saturated heterocycles. The first-order chi connectivity index (χ1) is 9.44. The van der Waals surface area contributed by atoms with E-state index in [4.69, 9.17) is 16.6 Å². The molecule has 3 rings (SSSR count). The molecule has 1 aliphatic carbocycles. The maximum atomic E-state index is 6.38. The van der Waals surface area contributed by atoms with E-state index in [2.05, 4.69) is 43.5 Å². The minimum absolute atomic E-state index is 0.0511. The molecular formula is C17H23ClN2. The topological polar surface area (TPSA) is 17.8 Å². The van der Waals surface area contributed by atoms with Crippen molar-refractivity contribution in [1.29, 1.82) is 0 Å². The first kappa shape index (κ1) is 13.9. The van der Waals surface area contributed by atoms with Gasteiger partial charge >= 0.3 is 0 Å². The molecule has 0 N–H and O–H groups in total. The normalized spacial score (nSPS) is 18.7. The molecule has 0 amide bonds. The second kappa shape index (κ2) is 4.77. The van der Waals surface area contributed by atoms with E-state index in [0.29, 0.717) is 11.3 Å². The second-order valence-corrected chi connectivity index (χ2v) is 7.29. The number of aromatic nitrogens is 2. The van der Waals surface area contributed by atoms with E-state index in [0.717, 1.165) is 17.9 Å². The Morgan fingerprint density at radius 1 is 1.30 bits per heavy atom. The van der Waals surface area contributed by atoms with Crippen LogP contribution < -0.4 is 0 Å². The van der Waals surface area contributed by atoms with Crippen molar-refractivity contribution in [1.82, 2.24) is 9.55 Å². The molecule has 108 valence electrons. The molecule has 1 aromatic heterocycles. The highest BCUT2D eigenvalue weighted by Gasteiger charge is 2.46. The minimum atomic E-state index is -0.0511. The Labute approximate surface area is 126 Å². The predicted molar refractivity (Wildman–Crippen MR) is 85.2 cm³/mol. The average Bonchev–Trinajstić information content (AvgIpc) is 3.06. The van der Waals surface area contributed by atoms with Crippen molar-refractivity contribution in [3.8, 4) is 0 Å². The van der Waals surface area contributed by atoms with Gasteiger partial charge in [0.05, 0.1) is 16.4 Å². The lowest BCUT2D eigenvalue weighted by Crippen LogP contribution is -2.19. The van der Waals surface area contributed by atoms with Gasteiger partial charge in [0.25, 0.3) is 0 Å². The molecular weight excluding hydrogens is 268 g/mol. The van der Waals surface area contributed by atoms with Gasteiger partial charge in [-0.2, -0.15) is 0 Å². The lowest BCUT2D eigenvalue weighted by atomic mass is 9.92. The van der Waals surface area contributed by atoms with Gasteiger partial charge in [0.2, 0.25) is 0 Å². The van der Waals surface area contributed by atoms with E-state index in [1.807, 2.05) is 6.92 Å². The van der Waals surface area contributed by atoms with Crippen LogP contribution in [0.15, 0.2) is 18.2 Å². The Bertz CT molecular complexity index is 636. The van der Waals surface area contributed by atoms with Crippen LogP contribution >= 0.6 is 11.6 Å². The fourth-order valence-corrected chi connectivity index (χ4v) is 3.41. The predicted octanol–water partition coefficient (Wildman–Crippen LogP) is 5.08. The van der Waals surface area contributed by atoms with E-state index in [1.54, 1.807) is 0 Å². The van der Waals surface area contributed by atoms with Crippen molar-refractivity contribution < 1.29 is 0 Å². The third kappa shape index (κ3) is 2.14. The van der Waals surface area contributed by atoms with E-state index >= 15 is 0 Å². The molecule has 1 saturated carbocycles. The van der Waals surface area contributed by atoms with Crippen LogP contribution in [0.2, 0.25) is 0 Å². The summed E-state index contributed by atoms with van der Waals surface area (Å²) in [6.07, 6.45) is 2.65. The van der Waals surface area contributed by atoms with Gasteiger partial charge in [-0.3, -0.25) is 0 Å². The van der Waals surface area contributed by atoms with Crippen LogP contribution in [0.3, 0.4) is 0 Å². The standard InChI is InChI=1S/C17H23ClN2/c1-11(2)17(8-9-17)10-20-15-12(3)6-5-7-14(15)19-16(20)13(4)18/h5-7,11,13H,8-10H2,1-4H3. The van der Waals surface area contributed by atoms with Crippen LogP contribution in [0.5, 0.6) is 0 Å². The van der Waals surface area contributed by atoms with Gasteiger partial charge in [-0.05, 0) is 49.7 Å². The van der Waals surface area contributed by atoms with Crippen molar-refractivity contribution in [2.75, 3.05) is 0 Å². The second-order valence-electron chi connectivity index (χ2n) is 6.63. The number of imidazole rings is 1. The summed E-state index contributed by atoms with van der Waals surface area (Å²) in [7, 11) is 0.